The summed E-state index contributed by atoms with van der Waals surface area (Å²) >= 11 is 2.99. The summed E-state index contributed by atoms with van der Waals surface area (Å²) in [6.07, 6.45) is 0.918. The maximum absolute atomic E-state index is 14.0. The van der Waals surface area contributed by atoms with E-state index in [4.69, 9.17) is 0 Å². The second kappa shape index (κ2) is 10.6. The van der Waals surface area contributed by atoms with Gasteiger partial charge in [-0.1, -0.05) is 60.3 Å². The summed E-state index contributed by atoms with van der Waals surface area (Å²) in [5.41, 5.74) is 2.70. The molecule has 2 aromatic heterocycles. The van der Waals surface area contributed by atoms with Gasteiger partial charge in [0.1, 0.15) is 5.82 Å². The average molecular weight is 467 g/mol. The Morgan fingerprint density at radius 3 is 2.62 bits per heavy atom. The first-order valence-electron chi connectivity index (χ1n) is 10.2. The standard InChI is InChI=1S/C24H23FN4OS2/c1-29-23(27-28-24(29)32-16-19-9-5-6-10-20(19)25)21(13-17-7-3-2-4-8-17)26-22(30)14-18-11-12-31-15-18/h2-12,15,21H,13-14,16H2,1H3,(H,26,30)/t21-/m1/s1. The van der Waals surface area contributed by atoms with E-state index in [9.17, 15) is 9.18 Å². The minimum Gasteiger partial charge on any atom is -0.345 e. The molecule has 2 heterocycles. The summed E-state index contributed by atoms with van der Waals surface area (Å²) in [7, 11) is 1.88. The molecule has 0 aliphatic carbocycles. The molecule has 4 aromatic rings. The fourth-order valence-corrected chi connectivity index (χ4v) is 4.97. The maximum Gasteiger partial charge on any atom is 0.225 e. The van der Waals surface area contributed by atoms with Gasteiger partial charge in [-0.05, 0) is 46.0 Å². The Morgan fingerprint density at radius 1 is 1.09 bits per heavy atom. The summed E-state index contributed by atoms with van der Waals surface area (Å²) in [5.74, 6) is 0.827. The molecule has 0 unspecified atom stereocenters. The predicted molar refractivity (Wildman–Crippen MR) is 126 cm³/mol. The SMILES string of the molecule is Cn1c(SCc2ccccc2F)nnc1[C@@H](Cc1ccccc1)NC(=O)Cc1ccsc1. The molecule has 0 radical (unpaired) electrons. The van der Waals surface area contributed by atoms with Crippen molar-refractivity contribution < 1.29 is 9.18 Å². The quantitative estimate of drug-likeness (QED) is 0.355. The monoisotopic (exact) mass is 466 g/mol. The number of halogens is 1. The molecule has 8 heteroatoms. The van der Waals surface area contributed by atoms with Gasteiger partial charge >= 0.3 is 0 Å². The molecule has 2 aromatic carbocycles. The number of hydrogen-bond acceptors (Lipinski definition) is 5. The smallest absolute Gasteiger partial charge is 0.225 e. The minimum absolute atomic E-state index is 0.0621. The van der Waals surface area contributed by atoms with Crippen LogP contribution >= 0.6 is 23.1 Å². The van der Waals surface area contributed by atoms with Crippen molar-refractivity contribution in [3.63, 3.8) is 0 Å². The van der Waals surface area contributed by atoms with Crippen LogP contribution in [0.1, 0.15) is 28.6 Å². The Hall–Kier alpha value is -2.97. The summed E-state index contributed by atoms with van der Waals surface area (Å²) < 4.78 is 15.8. The number of carbonyl (C=O) groups excluding carboxylic acids is 1. The van der Waals surface area contributed by atoms with E-state index in [2.05, 4.69) is 15.5 Å². The molecule has 164 valence electrons. The summed E-state index contributed by atoms with van der Waals surface area (Å²) in [6.45, 7) is 0. The van der Waals surface area contributed by atoms with E-state index >= 15 is 0 Å². The molecule has 0 fully saturated rings. The van der Waals surface area contributed by atoms with Crippen LogP contribution in [0, 0.1) is 5.82 Å². The van der Waals surface area contributed by atoms with Crippen LogP contribution < -0.4 is 5.32 Å². The van der Waals surface area contributed by atoms with Crippen molar-refractivity contribution in [1.82, 2.24) is 20.1 Å². The number of hydrogen-bond donors (Lipinski definition) is 1. The van der Waals surface area contributed by atoms with Gasteiger partial charge in [0.25, 0.3) is 0 Å². The zero-order valence-corrected chi connectivity index (χ0v) is 19.2. The zero-order chi connectivity index (χ0) is 22.3. The van der Waals surface area contributed by atoms with E-state index < -0.39 is 0 Å². The molecule has 1 atom stereocenters. The van der Waals surface area contributed by atoms with E-state index in [1.807, 2.05) is 64.8 Å². The van der Waals surface area contributed by atoms with Gasteiger partial charge in [0.15, 0.2) is 11.0 Å². The van der Waals surface area contributed by atoms with E-state index in [1.54, 1.807) is 23.5 Å². The molecule has 0 aliphatic heterocycles. The zero-order valence-electron chi connectivity index (χ0n) is 17.6. The predicted octanol–water partition coefficient (Wildman–Crippen LogP) is 4.95. The van der Waals surface area contributed by atoms with E-state index in [0.717, 1.165) is 11.1 Å². The Bertz CT molecular complexity index is 1160. The third-order valence-electron chi connectivity index (χ3n) is 5.06. The van der Waals surface area contributed by atoms with Crippen molar-refractivity contribution in [3.05, 3.63) is 99.8 Å². The number of benzene rings is 2. The molecule has 1 amide bonds. The highest BCUT2D eigenvalue weighted by molar-refractivity contribution is 7.98. The Morgan fingerprint density at radius 2 is 1.88 bits per heavy atom. The van der Waals surface area contributed by atoms with Gasteiger partial charge in [-0.2, -0.15) is 11.3 Å². The van der Waals surface area contributed by atoms with E-state index in [0.29, 0.717) is 35.1 Å². The van der Waals surface area contributed by atoms with Crippen molar-refractivity contribution >= 4 is 29.0 Å². The molecule has 0 saturated heterocycles. The van der Waals surface area contributed by atoms with Gasteiger partial charge in [0.05, 0.1) is 12.5 Å². The third-order valence-corrected chi connectivity index (χ3v) is 6.86. The summed E-state index contributed by atoms with van der Waals surface area (Å²) in [5, 5.41) is 16.4. The molecule has 32 heavy (non-hydrogen) atoms. The first-order valence-corrected chi connectivity index (χ1v) is 12.1. The lowest BCUT2D eigenvalue weighted by molar-refractivity contribution is -0.121. The molecule has 4 rings (SSSR count). The van der Waals surface area contributed by atoms with Gasteiger partial charge in [-0.15, -0.1) is 10.2 Å². The van der Waals surface area contributed by atoms with Crippen LogP contribution in [0.4, 0.5) is 4.39 Å². The average Bonchev–Trinajstić information content (AvgIpc) is 3.43. The molecule has 0 bridgehead atoms. The number of amides is 1. The van der Waals surface area contributed by atoms with Gasteiger partial charge < -0.3 is 9.88 Å². The van der Waals surface area contributed by atoms with Gasteiger partial charge in [0, 0.05) is 12.8 Å². The van der Waals surface area contributed by atoms with Crippen molar-refractivity contribution in [3.8, 4) is 0 Å². The highest BCUT2D eigenvalue weighted by Crippen LogP contribution is 2.25. The fourth-order valence-electron chi connectivity index (χ4n) is 3.39. The van der Waals surface area contributed by atoms with Crippen LogP contribution in [0.2, 0.25) is 0 Å². The number of carbonyl (C=O) groups is 1. The molecule has 5 nitrogen and oxygen atoms in total. The second-order valence-electron chi connectivity index (χ2n) is 7.40. The normalized spacial score (nSPS) is 11.9. The largest absolute Gasteiger partial charge is 0.345 e. The van der Waals surface area contributed by atoms with Crippen molar-refractivity contribution in [2.24, 2.45) is 7.05 Å². The third kappa shape index (κ3) is 5.63. The van der Waals surface area contributed by atoms with E-state index in [1.165, 1.54) is 17.8 Å². The Labute approximate surface area is 194 Å². The lowest BCUT2D eigenvalue weighted by Gasteiger charge is -2.18. The van der Waals surface area contributed by atoms with Crippen LogP contribution in [0.25, 0.3) is 0 Å². The first-order chi connectivity index (χ1) is 15.6. The number of nitrogens with one attached hydrogen (secondary N) is 1. The lowest BCUT2D eigenvalue weighted by Crippen LogP contribution is -2.32. The number of nitrogens with zero attached hydrogens (tertiary/aromatic N) is 3. The number of aromatic nitrogens is 3. The van der Waals surface area contributed by atoms with Gasteiger partial charge in [-0.3, -0.25) is 4.79 Å². The van der Waals surface area contributed by atoms with Crippen LogP contribution in [-0.4, -0.2) is 20.7 Å². The Balaban J connectivity index is 1.52. The topological polar surface area (TPSA) is 59.8 Å². The summed E-state index contributed by atoms with van der Waals surface area (Å²) in [6, 6.07) is 18.3. The lowest BCUT2D eigenvalue weighted by atomic mass is 10.0. The van der Waals surface area contributed by atoms with Crippen molar-refractivity contribution in [2.75, 3.05) is 0 Å². The Kier molecular flexibility index (Phi) is 7.34. The molecule has 0 spiro atoms. The van der Waals surface area contributed by atoms with E-state index in [-0.39, 0.29) is 17.8 Å². The summed E-state index contributed by atoms with van der Waals surface area (Å²) in [4.78, 5) is 12.7. The highest BCUT2D eigenvalue weighted by Gasteiger charge is 2.22. The van der Waals surface area contributed by atoms with Crippen LogP contribution in [0.5, 0.6) is 0 Å². The minimum atomic E-state index is -0.330. The van der Waals surface area contributed by atoms with Crippen molar-refractivity contribution in [1.29, 1.82) is 0 Å². The van der Waals surface area contributed by atoms with Gasteiger partial charge in [-0.25, -0.2) is 4.39 Å². The molecular formula is C24H23FN4OS2. The van der Waals surface area contributed by atoms with Crippen LogP contribution in [0.15, 0.2) is 76.6 Å². The highest BCUT2D eigenvalue weighted by atomic mass is 32.2. The maximum atomic E-state index is 14.0. The van der Waals surface area contributed by atoms with Crippen LogP contribution in [-0.2, 0) is 30.4 Å². The molecule has 0 aliphatic rings. The van der Waals surface area contributed by atoms with Crippen molar-refractivity contribution in [2.45, 2.75) is 29.8 Å². The number of thioether (sulfide) groups is 1. The second-order valence-corrected chi connectivity index (χ2v) is 9.12. The molecule has 0 saturated carbocycles. The first kappa shape index (κ1) is 22.2. The molecule has 1 N–H and O–H groups in total. The van der Waals surface area contributed by atoms with Gasteiger partial charge in [0.2, 0.25) is 5.91 Å². The molecular weight excluding hydrogens is 443 g/mol. The fraction of sp³-hybridized carbons (Fsp3) is 0.208. The number of rotatable bonds is 9. The van der Waals surface area contributed by atoms with Crippen LogP contribution in [0.3, 0.4) is 0 Å². The number of thiophene rings is 1.